The molecule has 1 aromatic rings. The maximum Gasteiger partial charge on any atom is 0.323 e. The zero-order valence-corrected chi connectivity index (χ0v) is 15.8. The van der Waals surface area contributed by atoms with Gasteiger partial charge in [0.15, 0.2) is 5.82 Å². The lowest BCUT2D eigenvalue weighted by Gasteiger charge is -2.64. The number of amides is 2. The minimum absolute atomic E-state index is 0.0316. The number of hydrogen-bond acceptors (Lipinski definition) is 5. The van der Waals surface area contributed by atoms with Crippen molar-refractivity contribution in [2.45, 2.75) is 56.9 Å². The number of nitrogens with zero attached hydrogens (tertiary/aromatic N) is 2. The molecule has 3 aliphatic heterocycles. The maximum atomic E-state index is 12.9. The van der Waals surface area contributed by atoms with Crippen molar-refractivity contribution in [2.75, 3.05) is 38.3 Å². The van der Waals surface area contributed by atoms with Crippen LogP contribution in [-0.2, 0) is 9.47 Å². The third kappa shape index (κ3) is 3.14. The smallest absolute Gasteiger partial charge is 0.323 e. The van der Waals surface area contributed by atoms with Crippen LogP contribution >= 0.6 is 0 Å². The first-order valence-electron chi connectivity index (χ1n) is 10.4. The predicted molar refractivity (Wildman–Crippen MR) is 98.6 cm³/mol. The molecule has 7 heteroatoms. The number of ether oxygens (including phenoxy) is 2. The van der Waals surface area contributed by atoms with Crippen molar-refractivity contribution in [3.63, 3.8) is 0 Å². The van der Waals surface area contributed by atoms with Gasteiger partial charge >= 0.3 is 6.03 Å². The Balaban J connectivity index is 1.24. The van der Waals surface area contributed by atoms with Gasteiger partial charge in [-0.05, 0) is 44.4 Å². The van der Waals surface area contributed by atoms with Crippen molar-refractivity contribution >= 4 is 11.8 Å². The van der Waals surface area contributed by atoms with E-state index in [1.165, 1.54) is 19.3 Å². The second-order valence-corrected chi connectivity index (χ2v) is 8.67. The van der Waals surface area contributed by atoms with Gasteiger partial charge in [-0.1, -0.05) is 11.6 Å². The Morgan fingerprint density at radius 1 is 1.11 bits per heavy atom. The molecular weight excluding hydrogens is 346 g/mol. The fraction of sp³-hybridized carbons (Fsp3) is 0.800. The van der Waals surface area contributed by atoms with E-state index in [4.69, 9.17) is 14.0 Å². The van der Waals surface area contributed by atoms with Gasteiger partial charge in [0.05, 0.1) is 0 Å². The minimum Gasteiger partial charge on any atom is -0.381 e. The van der Waals surface area contributed by atoms with E-state index in [1.54, 1.807) is 0 Å². The zero-order chi connectivity index (χ0) is 18.3. The molecule has 4 fully saturated rings. The quantitative estimate of drug-likeness (QED) is 0.876. The van der Waals surface area contributed by atoms with Crippen LogP contribution < -0.4 is 5.32 Å². The first-order valence-corrected chi connectivity index (χ1v) is 10.4. The molecule has 27 heavy (non-hydrogen) atoms. The second-order valence-electron chi connectivity index (χ2n) is 8.67. The molecule has 0 aromatic carbocycles. The summed E-state index contributed by atoms with van der Waals surface area (Å²) in [5.41, 5.74) is 0.371. The molecule has 1 atom stereocenters. The molecule has 148 valence electrons. The molecular formula is C20H29N3O4. The minimum atomic E-state index is -0.0316. The van der Waals surface area contributed by atoms with E-state index in [0.29, 0.717) is 29.1 Å². The molecule has 4 heterocycles. The van der Waals surface area contributed by atoms with Crippen LogP contribution in [0.5, 0.6) is 0 Å². The van der Waals surface area contributed by atoms with Crippen LogP contribution in [0.15, 0.2) is 10.6 Å². The lowest BCUT2D eigenvalue weighted by atomic mass is 9.54. The molecule has 5 rings (SSSR count). The molecule has 3 saturated heterocycles. The lowest BCUT2D eigenvalue weighted by molar-refractivity contribution is -0.135. The molecule has 0 radical (unpaired) electrons. The van der Waals surface area contributed by atoms with Gasteiger partial charge in [0, 0.05) is 56.4 Å². The number of hydrogen-bond donors (Lipinski definition) is 1. The largest absolute Gasteiger partial charge is 0.381 e. The molecule has 1 unspecified atom stereocenters. The van der Waals surface area contributed by atoms with Crippen molar-refractivity contribution in [2.24, 2.45) is 11.3 Å². The van der Waals surface area contributed by atoms with E-state index in [0.717, 1.165) is 64.4 Å². The average Bonchev–Trinajstić information content (AvgIpc) is 3.10. The molecule has 0 bridgehead atoms. The SMILES string of the molecule is O=C(Nc1cc(C2CCOCC2)on1)N1CC2(CCC2)C1C1CCOCC1. The third-order valence-corrected chi connectivity index (χ3v) is 7.16. The van der Waals surface area contributed by atoms with E-state index in [1.807, 2.05) is 11.0 Å². The Hall–Kier alpha value is -1.60. The topological polar surface area (TPSA) is 76.8 Å². The Labute approximate surface area is 159 Å². The van der Waals surface area contributed by atoms with Gasteiger partial charge in [0.1, 0.15) is 5.76 Å². The van der Waals surface area contributed by atoms with Crippen molar-refractivity contribution in [3.05, 3.63) is 11.8 Å². The normalized spacial score (nSPS) is 28.6. The monoisotopic (exact) mass is 375 g/mol. The van der Waals surface area contributed by atoms with Gasteiger partial charge in [-0.2, -0.15) is 0 Å². The van der Waals surface area contributed by atoms with Crippen molar-refractivity contribution in [1.82, 2.24) is 10.1 Å². The second kappa shape index (κ2) is 7.09. The third-order valence-electron chi connectivity index (χ3n) is 7.16. The first kappa shape index (κ1) is 17.5. The molecule has 2 amide bonds. The predicted octanol–water partition coefficient (Wildman–Crippen LogP) is 3.38. The van der Waals surface area contributed by atoms with E-state index < -0.39 is 0 Å². The Morgan fingerprint density at radius 2 is 1.81 bits per heavy atom. The molecule has 1 aromatic heterocycles. The number of carbonyl (C=O) groups excluding carboxylic acids is 1. The van der Waals surface area contributed by atoms with Crippen LogP contribution in [-0.4, -0.2) is 55.1 Å². The van der Waals surface area contributed by atoms with Crippen molar-refractivity contribution in [3.8, 4) is 0 Å². The number of nitrogens with one attached hydrogen (secondary N) is 1. The van der Waals surface area contributed by atoms with E-state index in [2.05, 4.69) is 10.5 Å². The highest BCUT2D eigenvalue weighted by Crippen LogP contribution is 2.56. The van der Waals surface area contributed by atoms with Gasteiger partial charge in [0.25, 0.3) is 0 Å². The van der Waals surface area contributed by atoms with Crippen LogP contribution in [0.3, 0.4) is 0 Å². The Morgan fingerprint density at radius 3 is 2.48 bits per heavy atom. The Bertz CT molecular complexity index is 675. The van der Waals surface area contributed by atoms with Crippen LogP contribution in [0.2, 0.25) is 0 Å². The van der Waals surface area contributed by atoms with E-state index in [-0.39, 0.29) is 6.03 Å². The fourth-order valence-corrected chi connectivity index (χ4v) is 5.52. The summed E-state index contributed by atoms with van der Waals surface area (Å²) in [6.07, 6.45) is 7.84. The van der Waals surface area contributed by atoms with Crippen molar-refractivity contribution < 1.29 is 18.8 Å². The summed E-state index contributed by atoms with van der Waals surface area (Å²) in [6, 6.07) is 2.21. The number of urea groups is 1. The molecule has 1 aliphatic carbocycles. The van der Waals surface area contributed by atoms with E-state index in [9.17, 15) is 4.79 Å². The lowest BCUT2D eigenvalue weighted by Crippen LogP contribution is -2.72. The van der Waals surface area contributed by atoms with Crippen LogP contribution in [0.25, 0.3) is 0 Å². The maximum absolute atomic E-state index is 12.9. The summed E-state index contributed by atoms with van der Waals surface area (Å²) >= 11 is 0. The molecule has 1 saturated carbocycles. The van der Waals surface area contributed by atoms with Crippen LogP contribution in [0, 0.1) is 11.3 Å². The van der Waals surface area contributed by atoms with Gasteiger partial charge in [0.2, 0.25) is 0 Å². The first-order chi connectivity index (χ1) is 13.3. The Kier molecular flexibility index (Phi) is 4.60. The van der Waals surface area contributed by atoms with E-state index >= 15 is 0 Å². The average molecular weight is 375 g/mol. The highest BCUT2D eigenvalue weighted by molar-refractivity contribution is 5.89. The van der Waals surface area contributed by atoms with Crippen LogP contribution in [0.1, 0.15) is 56.6 Å². The molecule has 1 spiro atoms. The molecule has 4 aliphatic rings. The molecule has 1 N–H and O–H groups in total. The number of anilines is 1. The number of rotatable bonds is 3. The van der Waals surface area contributed by atoms with Gasteiger partial charge in [-0.3, -0.25) is 5.32 Å². The zero-order valence-electron chi connectivity index (χ0n) is 15.8. The number of likely N-dealkylation sites (tertiary alicyclic amines) is 1. The summed E-state index contributed by atoms with van der Waals surface area (Å²) in [7, 11) is 0. The summed E-state index contributed by atoms with van der Waals surface area (Å²) < 4.78 is 16.4. The molecule has 7 nitrogen and oxygen atoms in total. The summed E-state index contributed by atoms with van der Waals surface area (Å²) in [5.74, 6) is 2.29. The summed E-state index contributed by atoms with van der Waals surface area (Å²) in [5, 5.41) is 7.06. The van der Waals surface area contributed by atoms with Gasteiger partial charge in [-0.25, -0.2) is 4.79 Å². The van der Waals surface area contributed by atoms with Crippen LogP contribution in [0.4, 0.5) is 10.6 Å². The summed E-state index contributed by atoms with van der Waals surface area (Å²) in [4.78, 5) is 15.0. The highest BCUT2D eigenvalue weighted by Gasteiger charge is 2.59. The van der Waals surface area contributed by atoms with Crippen molar-refractivity contribution in [1.29, 1.82) is 0 Å². The number of aromatic nitrogens is 1. The highest BCUT2D eigenvalue weighted by atomic mass is 16.5. The summed E-state index contributed by atoms with van der Waals surface area (Å²) in [6.45, 7) is 4.05. The standard InChI is InChI=1S/C20H29N3O4/c24-19(21-17-12-16(27-22-17)14-2-8-25-9-3-14)23-13-20(6-1-7-20)18(23)15-4-10-26-11-5-15/h12,14-15,18H,1-11,13H2,(H,21,22,24). The van der Waals surface area contributed by atoms with Gasteiger partial charge in [-0.15, -0.1) is 0 Å². The van der Waals surface area contributed by atoms with Gasteiger partial charge < -0.3 is 18.9 Å². The fourth-order valence-electron chi connectivity index (χ4n) is 5.52. The number of carbonyl (C=O) groups is 1.